The number of oxime groups is 1. The van der Waals surface area contributed by atoms with Gasteiger partial charge < -0.3 is 43.6 Å². The highest BCUT2D eigenvalue weighted by molar-refractivity contribution is 7.15. The number of aromatic nitrogens is 2. The van der Waals surface area contributed by atoms with E-state index in [1.54, 1.807) is 39.2 Å². The number of nitrogens with zero attached hydrogens (tertiary/aromatic N) is 5. The Balaban J connectivity index is 1.66. The molecule has 338 valence electrons. The number of halogens is 1. The summed E-state index contributed by atoms with van der Waals surface area (Å²) in [5.41, 5.74) is -6.27. The van der Waals surface area contributed by atoms with Crippen LogP contribution in [0.5, 0.6) is 0 Å². The molecule has 18 heteroatoms. The number of amides is 1. The van der Waals surface area contributed by atoms with Crippen molar-refractivity contribution in [3.63, 3.8) is 0 Å². The molecule has 0 radical (unpaired) electrons. The third-order valence-corrected chi connectivity index (χ3v) is 13.0. The van der Waals surface area contributed by atoms with Crippen LogP contribution in [0.2, 0.25) is 0 Å². The Kier molecular flexibility index (Phi) is 15.7. The molecular weight excluding hydrogens is 814 g/mol. The summed E-state index contributed by atoms with van der Waals surface area (Å²) in [7, 11) is 3.64. The lowest BCUT2D eigenvalue weighted by Crippen LogP contribution is -2.61. The Labute approximate surface area is 361 Å². The minimum atomic E-state index is -3.22. The van der Waals surface area contributed by atoms with Crippen LogP contribution in [0.15, 0.2) is 40.7 Å². The summed E-state index contributed by atoms with van der Waals surface area (Å²) in [6.07, 6.45) is -3.14. The predicted octanol–water partition coefficient (Wildman–Crippen LogP) is 4.73. The van der Waals surface area contributed by atoms with E-state index in [1.165, 1.54) is 32.1 Å². The monoisotopic (exact) mass is 875 g/mol. The summed E-state index contributed by atoms with van der Waals surface area (Å²) in [4.78, 5) is 63.6. The van der Waals surface area contributed by atoms with Crippen molar-refractivity contribution < 1.29 is 57.5 Å². The summed E-state index contributed by atoms with van der Waals surface area (Å²) in [6.45, 7) is 13.2. The normalized spacial score (nSPS) is 38.4. The van der Waals surface area contributed by atoms with E-state index >= 15 is 4.39 Å². The van der Waals surface area contributed by atoms with Gasteiger partial charge in [0.05, 0.1) is 42.0 Å². The SMILES string of the molecule is CC[C@H]1OC(=O)[C@@](C)(F)C(=O)[C@H](C)[C@@H](O[C@@H]2O[C@H](C)C[C@H](N(C)C)[C@H]2O)[C@@]2(C)C[C@@H](C)C(=NC(C)=O)[C@H](C)[C@@H](OC/C(=N\OCc3ccc(-c4ncccn4)s3)CO2)[C@]1(C)O. The summed E-state index contributed by atoms with van der Waals surface area (Å²) in [6, 6.07) is 5.09. The number of ether oxygens (including phenoxy) is 5. The molecular formula is C43H62FN5O11S. The van der Waals surface area contributed by atoms with Gasteiger partial charge in [-0.15, -0.1) is 11.3 Å². The van der Waals surface area contributed by atoms with Crippen molar-refractivity contribution in [2.24, 2.45) is 27.9 Å². The highest BCUT2D eigenvalue weighted by Gasteiger charge is 2.56. The number of thiophene rings is 1. The molecule has 61 heavy (non-hydrogen) atoms. The molecule has 5 rings (SSSR count). The molecule has 1 amide bonds. The fourth-order valence-electron chi connectivity index (χ4n) is 8.80. The van der Waals surface area contributed by atoms with Crippen molar-refractivity contribution in [3.05, 3.63) is 35.5 Å². The third-order valence-electron chi connectivity index (χ3n) is 12.0. The quantitative estimate of drug-likeness (QED) is 0.210. The number of rotatable bonds is 8. The number of carbonyl (C=O) groups excluding carboxylic acids is 3. The van der Waals surface area contributed by atoms with E-state index in [0.717, 1.165) is 16.7 Å². The largest absolute Gasteiger partial charge is 0.457 e. The standard InChI is InChI=1S/C43H62FN5O11S/c1-12-32-43(9,54)37-25(4)33(47-27(6)50)23(2)19-41(7,56-21-28(20-55-37)48-57-22-29-14-15-31(61-29)38-45-16-13-17-46-38)36(26(5)35(52)42(8,44)40(53)59-32)60-39-34(51)30(49(10)11)18-24(3)58-39/h13-17,23-26,30,32,34,36-37,39,51,54H,12,18-22H2,1-11H3/b47-33?,48-28+/t23-,24-,25+,26+,30+,32-,34-,36-,37-,39+,41-,42+,43-/m1/s1. The molecule has 16 nitrogen and oxygen atoms in total. The highest BCUT2D eigenvalue weighted by Crippen LogP contribution is 2.41. The number of Topliss-reactive ketones (excluding diaryl/α,β-unsaturated/α-hetero) is 1. The van der Waals surface area contributed by atoms with E-state index in [0.29, 0.717) is 18.0 Å². The average Bonchev–Trinajstić information content (AvgIpc) is 3.68. The topological polar surface area (TPSA) is 201 Å². The van der Waals surface area contributed by atoms with Crippen LogP contribution in [0.25, 0.3) is 10.7 Å². The Morgan fingerprint density at radius 1 is 1.08 bits per heavy atom. The van der Waals surface area contributed by atoms with Gasteiger partial charge in [-0.2, -0.15) is 0 Å². The average molecular weight is 876 g/mol. The number of likely N-dealkylation sites (N-methyl/N-ethyl adjacent to an activating group) is 1. The van der Waals surface area contributed by atoms with Crippen LogP contribution in [0.1, 0.15) is 86.5 Å². The molecule has 0 aliphatic carbocycles. The smallest absolute Gasteiger partial charge is 0.351 e. The van der Waals surface area contributed by atoms with Crippen molar-refractivity contribution in [3.8, 4) is 10.7 Å². The number of aliphatic hydroxyl groups is 2. The zero-order valence-electron chi connectivity index (χ0n) is 37.0. The van der Waals surface area contributed by atoms with Crippen LogP contribution in [0.3, 0.4) is 0 Å². The molecule has 0 saturated carbocycles. The van der Waals surface area contributed by atoms with Crippen LogP contribution in [-0.4, -0.2) is 141 Å². The third kappa shape index (κ3) is 11.0. The van der Waals surface area contributed by atoms with E-state index < -0.39 is 89.0 Å². The van der Waals surface area contributed by atoms with Crippen LogP contribution in [-0.2, 0) is 49.5 Å². The van der Waals surface area contributed by atoms with Gasteiger partial charge in [-0.1, -0.05) is 32.9 Å². The fraction of sp³-hybridized carbons (Fsp3) is 0.698. The van der Waals surface area contributed by atoms with Crippen molar-refractivity contribution in [1.29, 1.82) is 0 Å². The lowest BCUT2D eigenvalue weighted by Gasteiger charge is -2.47. The van der Waals surface area contributed by atoms with Gasteiger partial charge in [0.1, 0.15) is 23.5 Å². The second-order valence-electron chi connectivity index (χ2n) is 17.4. The van der Waals surface area contributed by atoms with E-state index in [-0.39, 0.29) is 44.5 Å². The number of ketones is 1. The Morgan fingerprint density at radius 3 is 2.41 bits per heavy atom. The molecule has 2 aromatic heterocycles. The highest BCUT2D eigenvalue weighted by atomic mass is 32.1. The number of aliphatic imine (C=N–C) groups is 1. The van der Waals surface area contributed by atoms with Crippen LogP contribution in [0.4, 0.5) is 4.39 Å². The van der Waals surface area contributed by atoms with E-state index in [9.17, 15) is 24.6 Å². The Morgan fingerprint density at radius 2 is 1.77 bits per heavy atom. The first-order chi connectivity index (χ1) is 28.6. The van der Waals surface area contributed by atoms with Crippen molar-refractivity contribution in [2.75, 3.05) is 27.3 Å². The number of aliphatic hydroxyl groups excluding tert-OH is 1. The van der Waals surface area contributed by atoms with Gasteiger partial charge >= 0.3 is 5.97 Å². The summed E-state index contributed by atoms with van der Waals surface area (Å²) >= 11 is 1.43. The first-order valence-electron chi connectivity index (χ1n) is 20.8. The molecule has 0 unspecified atom stereocenters. The van der Waals surface area contributed by atoms with Gasteiger partial charge in [-0.3, -0.25) is 9.59 Å². The van der Waals surface area contributed by atoms with Crippen LogP contribution < -0.4 is 0 Å². The van der Waals surface area contributed by atoms with Crippen molar-refractivity contribution in [1.82, 2.24) is 14.9 Å². The molecule has 2 bridgehead atoms. The molecule has 3 aliphatic heterocycles. The number of esters is 1. The van der Waals surface area contributed by atoms with Gasteiger partial charge in [0.15, 0.2) is 24.5 Å². The van der Waals surface area contributed by atoms with E-state index in [2.05, 4.69) is 20.1 Å². The maximum absolute atomic E-state index is 16.9. The second kappa shape index (κ2) is 19.8. The zero-order valence-corrected chi connectivity index (χ0v) is 37.8. The number of cyclic esters (lactones) is 1. The minimum Gasteiger partial charge on any atom is -0.457 e. The first-order valence-corrected chi connectivity index (χ1v) is 21.6. The van der Waals surface area contributed by atoms with Crippen molar-refractivity contribution >= 4 is 40.4 Å². The lowest BCUT2D eigenvalue weighted by atomic mass is 9.73. The first kappa shape index (κ1) is 48.4. The Bertz CT molecular complexity index is 1910. The molecule has 13 atom stereocenters. The number of carbonyl (C=O) groups is 3. The lowest BCUT2D eigenvalue weighted by molar-refractivity contribution is -0.296. The van der Waals surface area contributed by atoms with Gasteiger partial charge in [-0.05, 0) is 85.2 Å². The number of hydrogen-bond acceptors (Lipinski definition) is 16. The van der Waals surface area contributed by atoms with E-state index in [1.807, 2.05) is 45.0 Å². The molecule has 3 fully saturated rings. The summed E-state index contributed by atoms with van der Waals surface area (Å²) in [5, 5.41) is 28.5. The number of hydrogen-bond donors (Lipinski definition) is 2. The van der Waals surface area contributed by atoms with Crippen LogP contribution >= 0.6 is 11.3 Å². The maximum Gasteiger partial charge on any atom is 0.351 e. The van der Waals surface area contributed by atoms with Gasteiger partial charge in [0.2, 0.25) is 5.91 Å². The molecule has 5 heterocycles. The van der Waals surface area contributed by atoms with Gasteiger partial charge in [0, 0.05) is 47.8 Å². The predicted molar refractivity (Wildman–Crippen MR) is 225 cm³/mol. The second-order valence-corrected chi connectivity index (χ2v) is 18.5. The van der Waals surface area contributed by atoms with Crippen molar-refractivity contribution in [2.45, 2.75) is 148 Å². The maximum atomic E-state index is 16.9. The summed E-state index contributed by atoms with van der Waals surface area (Å²) < 4.78 is 48.8. The Hall–Kier alpha value is -3.62. The molecule has 3 aliphatic rings. The van der Waals surface area contributed by atoms with E-state index in [4.69, 9.17) is 28.5 Å². The van der Waals surface area contributed by atoms with Crippen LogP contribution in [0, 0.1) is 17.8 Å². The molecule has 0 aromatic carbocycles. The fourth-order valence-corrected chi connectivity index (χ4v) is 9.66. The number of fused-ring (bicyclic) bond motifs is 5. The zero-order chi connectivity index (χ0) is 45.0. The van der Waals surface area contributed by atoms with Gasteiger partial charge in [0.25, 0.3) is 5.67 Å². The number of alkyl halides is 1. The molecule has 2 N–H and O–H groups in total. The molecule has 3 saturated heterocycles. The summed E-state index contributed by atoms with van der Waals surface area (Å²) in [5.74, 6) is -5.51. The molecule has 2 aromatic rings. The molecule has 0 spiro atoms. The minimum absolute atomic E-state index is 0.00415. The van der Waals surface area contributed by atoms with Gasteiger partial charge in [-0.25, -0.2) is 24.1 Å².